The molecule has 0 saturated carbocycles. The molecule has 1 aromatic rings. The number of methoxy groups -OCH3 is 1. The van der Waals surface area contributed by atoms with Gasteiger partial charge in [0.1, 0.15) is 49.0 Å². The molecule has 9 heteroatoms. The standard InChI is InChI=1S/C24H27BrO8/c1-30-24(23(29)22(28)21(27)18(12-26)33-24)15-7-8-17(25)16(11-15)20(14-5-3-2-4-6-14)19-13-31-9-10-32-19/h2-3,5,7-11,13,18,20-23,26-29H,4,6,12H2,1H3/t18-,20?,21-,22+,23-,24?/m1/s1. The summed E-state index contributed by atoms with van der Waals surface area (Å²) in [5.41, 5.74) is 2.30. The Labute approximate surface area is 200 Å². The predicted octanol–water partition coefficient (Wildman–Crippen LogP) is 2.44. The molecule has 2 aliphatic heterocycles. The minimum Gasteiger partial charge on any atom is -0.466 e. The topological polar surface area (TPSA) is 118 Å². The van der Waals surface area contributed by atoms with Crippen molar-refractivity contribution in [1.29, 1.82) is 0 Å². The van der Waals surface area contributed by atoms with E-state index in [0.29, 0.717) is 11.3 Å². The van der Waals surface area contributed by atoms with E-state index in [1.165, 1.54) is 19.6 Å². The van der Waals surface area contributed by atoms with Crippen LogP contribution < -0.4 is 0 Å². The van der Waals surface area contributed by atoms with Crippen LogP contribution in [-0.2, 0) is 24.7 Å². The highest BCUT2D eigenvalue weighted by Gasteiger charge is 2.55. The third-order valence-electron chi connectivity index (χ3n) is 6.19. The summed E-state index contributed by atoms with van der Waals surface area (Å²) in [6.45, 7) is -0.564. The molecule has 2 heterocycles. The highest BCUT2D eigenvalue weighted by molar-refractivity contribution is 9.10. The van der Waals surface area contributed by atoms with Crippen molar-refractivity contribution < 1.29 is 39.4 Å². The quantitative estimate of drug-likeness (QED) is 0.450. The van der Waals surface area contributed by atoms with Gasteiger partial charge in [-0.15, -0.1) is 0 Å². The van der Waals surface area contributed by atoms with E-state index in [2.05, 4.69) is 22.0 Å². The number of aliphatic hydroxyl groups is 4. The maximum absolute atomic E-state index is 10.9. The van der Waals surface area contributed by atoms with Crippen LogP contribution in [0.15, 0.2) is 71.0 Å². The summed E-state index contributed by atoms with van der Waals surface area (Å²) in [6, 6.07) is 5.28. The number of halogens is 1. The van der Waals surface area contributed by atoms with Crippen molar-refractivity contribution >= 4 is 15.9 Å². The Morgan fingerprint density at radius 2 is 2.03 bits per heavy atom. The molecule has 8 nitrogen and oxygen atoms in total. The molecular weight excluding hydrogens is 496 g/mol. The number of hydrogen-bond donors (Lipinski definition) is 4. The molecule has 1 saturated heterocycles. The Balaban J connectivity index is 1.82. The fourth-order valence-electron chi connectivity index (χ4n) is 4.45. The van der Waals surface area contributed by atoms with Gasteiger partial charge >= 0.3 is 0 Å². The summed E-state index contributed by atoms with van der Waals surface area (Å²) in [5.74, 6) is -1.55. The van der Waals surface area contributed by atoms with Gasteiger partial charge in [-0.2, -0.15) is 0 Å². The molecule has 1 fully saturated rings. The first-order chi connectivity index (χ1) is 15.9. The molecular formula is C24H27BrO8. The van der Waals surface area contributed by atoms with E-state index in [4.69, 9.17) is 18.9 Å². The fraction of sp³-hybridized carbons (Fsp3) is 0.417. The minimum atomic E-state index is -1.81. The van der Waals surface area contributed by atoms with E-state index in [-0.39, 0.29) is 5.92 Å². The van der Waals surface area contributed by atoms with Crippen molar-refractivity contribution in [2.24, 2.45) is 0 Å². The van der Waals surface area contributed by atoms with Crippen LogP contribution in [0.5, 0.6) is 0 Å². The average Bonchev–Trinajstić information content (AvgIpc) is 2.86. The molecule has 0 spiro atoms. The smallest absolute Gasteiger partial charge is 0.224 e. The van der Waals surface area contributed by atoms with E-state index < -0.39 is 36.8 Å². The van der Waals surface area contributed by atoms with Crippen molar-refractivity contribution in [1.82, 2.24) is 0 Å². The lowest BCUT2D eigenvalue weighted by molar-refractivity contribution is -0.366. The van der Waals surface area contributed by atoms with Crippen LogP contribution in [0.3, 0.4) is 0 Å². The molecule has 33 heavy (non-hydrogen) atoms. The fourth-order valence-corrected chi connectivity index (χ4v) is 4.93. The molecule has 4 rings (SSSR count). The Morgan fingerprint density at radius 1 is 1.21 bits per heavy atom. The molecule has 0 radical (unpaired) electrons. The summed E-state index contributed by atoms with van der Waals surface area (Å²) >= 11 is 3.63. The van der Waals surface area contributed by atoms with Gasteiger partial charge in [-0.05, 0) is 30.5 Å². The molecule has 0 bridgehead atoms. The third kappa shape index (κ3) is 4.42. The van der Waals surface area contributed by atoms with Crippen LogP contribution in [0.2, 0.25) is 0 Å². The Kier molecular flexibility index (Phi) is 7.40. The van der Waals surface area contributed by atoms with E-state index in [1.54, 1.807) is 24.5 Å². The van der Waals surface area contributed by atoms with Crippen molar-refractivity contribution in [2.75, 3.05) is 13.7 Å². The second-order valence-electron chi connectivity index (χ2n) is 8.06. The van der Waals surface area contributed by atoms with Crippen LogP contribution >= 0.6 is 15.9 Å². The monoisotopic (exact) mass is 522 g/mol. The summed E-state index contributed by atoms with van der Waals surface area (Å²) in [4.78, 5) is 0. The van der Waals surface area contributed by atoms with Gasteiger partial charge in [-0.1, -0.05) is 45.8 Å². The van der Waals surface area contributed by atoms with Crippen molar-refractivity contribution in [3.8, 4) is 0 Å². The van der Waals surface area contributed by atoms with Gasteiger partial charge < -0.3 is 39.4 Å². The van der Waals surface area contributed by atoms with Crippen molar-refractivity contribution in [3.63, 3.8) is 0 Å². The van der Waals surface area contributed by atoms with E-state index in [1.807, 2.05) is 12.2 Å². The molecule has 6 atom stereocenters. The van der Waals surface area contributed by atoms with Crippen molar-refractivity contribution in [3.05, 3.63) is 82.1 Å². The zero-order chi connectivity index (χ0) is 23.6. The molecule has 1 aliphatic carbocycles. The Morgan fingerprint density at radius 3 is 2.67 bits per heavy atom. The Bertz CT molecular complexity index is 985. The lowest BCUT2D eigenvalue weighted by Gasteiger charge is -2.47. The van der Waals surface area contributed by atoms with Crippen LogP contribution in [0.4, 0.5) is 0 Å². The normalized spacial score (nSPS) is 32.4. The first-order valence-electron chi connectivity index (χ1n) is 10.6. The maximum atomic E-state index is 10.9. The summed E-state index contributed by atoms with van der Waals surface area (Å²) in [7, 11) is 1.33. The zero-order valence-corrected chi connectivity index (χ0v) is 19.6. The van der Waals surface area contributed by atoms with E-state index >= 15 is 0 Å². The second-order valence-corrected chi connectivity index (χ2v) is 8.91. The molecule has 0 aromatic heterocycles. The number of allylic oxidation sites excluding steroid dienone is 4. The number of hydrogen-bond acceptors (Lipinski definition) is 8. The van der Waals surface area contributed by atoms with Crippen LogP contribution in [0.25, 0.3) is 0 Å². The first kappa shape index (κ1) is 24.2. The molecule has 1 aromatic carbocycles. The van der Waals surface area contributed by atoms with Gasteiger partial charge in [-0.25, -0.2) is 0 Å². The molecule has 3 aliphatic rings. The third-order valence-corrected chi connectivity index (χ3v) is 6.91. The summed E-state index contributed by atoms with van der Waals surface area (Å²) in [6.07, 6.45) is 6.45. The second kappa shape index (κ2) is 10.1. The van der Waals surface area contributed by atoms with E-state index in [0.717, 1.165) is 28.5 Å². The van der Waals surface area contributed by atoms with Gasteiger partial charge in [0.2, 0.25) is 5.79 Å². The number of aliphatic hydroxyl groups excluding tert-OH is 4. The highest BCUT2D eigenvalue weighted by Crippen LogP contribution is 2.45. The highest BCUT2D eigenvalue weighted by atomic mass is 79.9. The summed E-state index contributed by atoms with van der Waals surface area (Å²) < 4.78 is 23.4. The van der Waals surface area contributed by atoms with Gasteiger partial charge in [0, 0.05) is 17.1 Å². The number of rotatable bonds is 6. The van der Waals surface area contributed by atoms with Gasteiger partial charge in [0.25, 0.3) is 0 Å². The minimum absolute atomic E-state index is 0.312. The Hall–Kier alpha value is -1.98. The number of ether oxygens (including phenoxy) is 4. The lowest BCUT2D eigenvalue weighted by Crippen LogP contribution is -2.64. The number of benzene rings is 1. The van der Waals surface area contributed by atoms with Gasteiger partial charge in [0.05, 0.1) is 12.5 Å². The largest absolute Gasteiger partial charge is 0.466 e. The van der Waals surface area contributed by atoms with Crippen LogP contribution in [-0.4, -0.2) is 58.6 Å². The maximum Gasteiger partial charge on any atom is 0.224 e. The first-order valence-corrected chi connectivity index (χ1v) is 11.4. The summed E-state index contributed by atoms with van der Waals surface area (Å²) in [5, 5.41) is 41.2. The lowest BCUT2D eigenvalue weighted by atomic mass is 9.82. The SMILES string of the molecule is COC1(c2ccc(Br)c(C(C3=CC=CCC3)C3=COC=CO3)c2)O[C@H](CO)[C@@H](O)[C@H](O)[C@H]1O. The molecule has 0 amide bonds. The van der Waals surface area contributed by atoms with Crippen LogP contribution in [0.1, 0.15) is 29.9 Å². The predicted molar refractivity (Wildman–Crippen MR) is 121 cm³/mol. The molecule has 2 unspecified atom stereocenters. The molecule has 4 N–H and O–H groups in total. The molecule has 178 valence electrons. The zero-order valence-electron chi connectivity index (χ0n) is 18.0. The van der Waals surface area contributed by atoms with Gasteiger partial charge in [0.15, 0.2) is 0 Å². The van der Waals surface area contributed by atoms with Gasteiger partial charge in [-0.3, -0.25) is 0 Å². The van der Waals surface area contributed by atoms with Crippen LogP contribution in [0, 0.1) is 0 Å². The van der Waals surface area contributed by atoms with Crippen molar-refractivity contribution in [2.45, 2.75) is 49.0 Å². The van der Waals surface area contributed by atoms with E-state index in [9.17, 15) is 20.4 Å². The average molecular weight is 523 g/mol.